The molecule has 0 unspecified atom stereocenters. The predicted molar refractivity (Wildman–Crippen MR) is 56.2 cm³/mol. The van der Waals surface area contributed by atoms with Gasteiger partial charge in [0.05, 0.1) is 11.7 Å². The minimum atomic E-state index is 0.968. The minimum absolute atomic E-state index is 0.968. The molecule has 4 nitrogen and oxygen atoms in total. The first-order valence-electron chi connectivity index (χ1n) is 3.84. The normalized spacial score (nSPS) is 11.5. The minimum Gasteiger partial charge on any atom is -0.377 e. The third-order valence-corrected chi connectivity index (χ3v) is 1.39. The molecule has 0 aromatic heterocycles. The standard InChI is InChI=1S/2C4H10N2/c2*1-4(5-2)6-3/h2*1-3H3,(H,5,6). The Labute approximate surface area is 75.2 Å². The summed E-state index contributed by atoms with van der Waals surface area (Å²) >= 11 is 0. The Bertz CT molecular complexity index is 131. The van der Waals surface area contributed by atoms with Crippen molar-refractivity contribution in [1.29, 1.82) is 0 Å². The van der Waals surface area contributed by atoms with E-state index in [2.05, 4.69) is 20.6 Å². The second kappa shape index (κ2) is 9.94. The van der Waals surface area contributed by atoms with Crippen LogP contribution in [0.2, 0.25) is 0 Å². The molecule has 12 heavy (non-hydrogen) atoms. The van der Waals surface area contributed by atoms with Gasteiger partial charge < -0.3 is 10.6 Å². The number of nitrogens with zero attached hydrogens (tertiary/aromatic N) is 2. The molecule has 0 bridgehead atoms. The zero-order chi connectivity index (χ0) is 9.98. The summed E-state index contributed by atoms with van der Waals surface area (Å²) < 4.78 is 0. The Morgan fingerprint density at radius 3 is 1.08 bits per heavy atom. The van der Waals surface area contributed by atoms with Crippen LogP contribution in [0, 0.1) is 0 Å². The molecule has 0 aliphatic heterocycles. The lowest BCUT2D eigenvalue weighted by Crippen LogP contribution is -2.12. The summed E-state index contributed by atoms with van der Waals surface area (Å²) in [7, 11) is 7.21. The SMILES string of the molecule is CN=C(C)NC.CN=C(C)NC. The van der Waals surface area contributed by atoms with E-state index in [1.807, 2.05) is 27.9 Å². The van der Waals surface area contributed by atoms with Crippen molar-refractivity contribution in [3.63, 3.8) is 0 Å². The van der Waals surface area contributed by atoms with Gasteiger partial charge in [-0.15, -0.1) is 0 Å². The fraction of sp³-hybridized carbons (Fsp3) is 0.750. The molecule has 0 aromatic rings. The molecule has 0 saturated heterocycles. The first-order chi connectivity index (χ1) is 5.62. The van der Waals surface area contributed by atoms with Crippen molar-refractivity contribution in [2.75, 3.05) is 28.2 Å². The van der Waals surface area contributed by atoms with Crippen molar-refractivity contribution in [2.24, 2.45) is 9.98 Å². The fourth-order valence-corrected chi connectivity index (χ4v) is 0.224. The number of amidine groups is 2. The maximum absolute atomic E-state index is 3.81. The summed E-state index contributed by atoms with van der Waals surface area (Å²) in [5.74, 6) is 1.94. The van der Waals surface area contributed by atoms with Gasteiger partial charge in [-0.3, -0.25) is 9.98 Å². The molecule has 0 aliphatic rings. The molecule has 0 radical (unpaired) electrons. The molecule has 0 spiro atoms. The number of hydrogen-bond donors (Lipinski definition) is 2. The highest BCUT2D eigenvalue weighted by Crippen LogP contribution is 1.59. The Morgan fingerprint density at radius 2 is 1.08 bits per heavy atom. The highest BCUT2D eigenvalue weighted by atomic mass is 14.9. The Morgan fingerprint density at radius 1 is 0.833 bits per heavy atom. The van der Waals surface area contributed by atoms with Gasteiger partial charge in [-0.1, -0.05) is 0 Å². The van der Waals surface area contributed by atoms with E-state index < -0.39 is 0 Å². The summed E-state index contributed by atoms with van der Waals surface area (Å²) in [6.07, 6.45) is 0. The molecule has 4 heteroatoms. The lowest BCUT2D eigenvalue weighted by Gasteiger charge is -1.90. The molecule has 0 aromatic carbocycles. The van der Waals surface area contributed by atoms with Crippen LogP contribution in [0.4, 0.5) is 0 Å². The molecule has 0 fully saturated rings. The lowest BCUT2D eigenvalue weighted by molar-refractivity contribution is 1.14. The van der Waals surface area contributed by atoms with Crippen LogP contribution in [0.5, 0.6) is 0 Å². The maximum atomic E-state index is 3.81. The van der Waals surface area contributed by atoms with Crippen molar-refractivity contribution in [3.05, 3.63) is 0 Å². The Balaban J connectivity index is 0. The smallest absolute Gasteiger partial charge is 0.0925 e. The third kappa shape index (κ3) is 11.7. The van der Waals surface area contributed by atoms with Crippen LogP contribution < -0.4 is 10.6 Å². The zero-order valence-corrected chi connectivity index (χ0v) is 8.89. The van der Waals surface area contributed by atoms with Crippen molar-refractivity contribution >= 4 is 11.7 Å². The van der Waals surface area contributed by atoms with E-state index in [-0.39, 0.29) is 0 Å². The van der Waals surface area contributed by atoms with E-state index in [0.717, 1.165) is 11.7 Å². The molecular weight excluding hydrogens is 152 g/mol. The molecule has 72 valence electrons. The van der Waals surface area contributed by atoms with E-state index >= 15 is 0 Å². The first-order valence-corrected chi connectivity index (χ1v) is 3.84. The second-order valence-electron chi connectivity index (χ2n) is 2.12. The first kappa shape index (κ1) is 13.5. The van der Waals surface area contributed by atoms with Crippen LogP contribution >= 0.6 is 0 Å². The monoisotopic (exact) mass is 172 g/mol. The topological polar surface area (TPSA) is 48.8 Å². The van der Waals surface area contributed by atoms with Gasteiger partial charge in [0, 0.05) is 28.2 Å². The molecular formula is C8H20N4. The van der Waals surface area contributed by atoms with E-state index in [1.165, 1.54) is 0 Å². The average molecular weight is 172 g/mol. The van der Waals surface area contributed by atoms with Crippen LogP contribution in [-0.2, 0) is 0 Å². The van der Waals surface area contributed by atoms with Gasteiger partial charge in [-0.05, 0) is 13.8 Å². The molecule has 0 saturated carbocycles. The van der Waals surface area contributed by atoms with Gasteiger partial charge in [0.2, 0.25) is 0 Å². The summed E-state index contributed by atoms with van der Waals surface area (Å²) in [4.78, 5) is 7.62. The number of aliphatic imine (C=N–C) groups is 2. The highest BCUT2D eigenvalue weighted by molar-refractivity contribution is 5.79. The molecule has 0 amide bonds. The molecule has 0 aliphatic carbocycles. The second-order valence-corrected chi connectivity index (χ2v) is 2.12. The quantitative estimate of drug-likeness (QED) is 0.413. The van der Waals surface area contributed by atoms with Crippen LogP contribution in [0.25, 0.3) is 0 Å². The van der Waals surface area contributed by atoms with E-state index in [0.29, 0.717) is 0 Å². The van der Waals surface area contributed by atoms with Gasteiger partial charge in [-0.25, -0.2) is 0 Å². The van der Waals surface area contributed by atoms with Gasteiger partial charge in [0.1, 0.15) is 0 Å². The van der Waals surface area contributed by atoms with Crippen LogP contribution in [0.3, 0.4) is 0 Å². The highest BCUT2D eigenvalue weighted by Gasteiger charge is 1.71. The lowest BCUT2D eigenvalue weighted by atomic mass is 10.7. The molecule has 2 N–H and O–H groups in total. The Hall–Kier alpha value is -1.06. The van der Waals surface area contributed by atoms with E-state index in [9.17, 15) is 0 Å². The molecule has 0 atom stereocenters. The Kier molecular flexibility index (Phi) is 11.2. The van der Waals surface area contributed by atoms with E-state index in [4.69, 9.17) is 0 Å². The van der Waals surface area contributed by atoms with Crippen molar-refractivity contribution in [3.8, 4) is 0 Å². The summed E-state index contributed by atoms with van der Waals surface area (Å²) in [5, 5.41) is 5.73. The maximum Gasteiger partial charge on any atom is 0.0925 e. The van der Waals surface area contributed by atoms with Gasteiger partial charge >= 0.3 is 0 Å². The summed E-state index contributed by atoms with van der Waals surface area (Å²) in [6.45, 7) is 3.83. The fourth-order valence-electron chi connectivity index (χ4n) is 0.224. The molecule has 0 rings (SSSR count). The van der Waals surface area contributed by atoms with Crippen molar-refractivity contribution in [1.82, 2.24) is 10.6 Å². The van der Waals surface area contributed by atoms with E-state index in [1.54, 1.807) is 14.1 Å². The number of hydrogen-bond acceptors (Lipinski definition) is 2. The van der Waals surface area contributed by atoms with Crippen LogP contribution in [0.15, 0.2) is 9.98 Å². The van der Waals surface area contributed by atoms with Crippen molar-refractivity contribution < 1.29 is 0 Å². The summed E-state index contributed by atoms with van der Waals surface area (Å²) in [5.41, 5.74) is 0. The van der Waals surface area contributed by atoms with Gasteiger partial charge in [0.25, 0.3) is 0 Å². The van der Waals surface area contributed by atoms with Gasteiger partial charge in [-0.2, -0.15) is 0 Å². The third-order valence-electron chi connectivity index (χ3n) is 1.39. The van der Waals surface area contributed by atoms with Crippen LogP contribution in [0.1, 0.15) is 13.8 Å². The zero-order valence-electron chi connectivity index (χ0n) is 8.89. The van der Waals surface area contributed by atoms with Crippen LogP contribution in [-0.4, -0.2) is 39.9 Å². The van der Waals surface area contributed by atoms with Gasteiger partial charge in [0.15, 0.2) is 0 Å². The average Bonchev–Trinajstić information content (AvgIpc) is 2.16. The number of nitrogens with one attached hydrogen (secondary N) is 2. The van der Waals surface area contributed by atoms with Crippen molar-refractivity contribution in [2.45, 2.75) is 13.8 Å². The summed E-state index contributed by atoms with van der Waals surface area (Å²) in [6, 6.07) is 0. The predicted octanol–water partition coefficient (Wildman–Crippen LogP) is 0.508. The molecule has 0 heterocycles. The largest absolute Gasteiger partial charge is 0.377 e. The number of rotatable bonds is 0.